The van der Waals surface area contributed by atoms with E-state index in [2.05, 4.69) is 18.2 Å². The van der Waals surface area contributed by atoms with Gasteiger partial charge in [0.25, 0.3) is 0 Å². The first-order chi connectivity index (χ1) is 7.36. The summed E-state index contributed by atoms with van der Waals surface area (Å²) in [6, 6.07) is 12.3. The van der Waals surface area contributed by atoms with Gasteiger partial charge in [-0.15, -0.1) is 11.6 Å². The highest BCUT2D eigenvalue weighted by atomic mass is 35.5. The maximum Gasteiger partial charge on any atom is 0.124 e. The molecule has 2 aromatic rings. The zero-order valence-corrected chi connectivity index (χ0v) is 9.42. The second kappa shape index (κ2) is 4.54. The molecule has 0 amide bonds. The summed E-state index contributed by atoms with van der Waals surface area (Å²) in [5, 5.41) is 2.38. The zero-order chi connectivity index (χ0) is 10.7. The summed E-state index contributed by atoms with van der Waals surface area (Å²) in [5.41, 5.74) is 1.08. The van der Waals surface area contributed by atoms with E-state index in [0.717, 1.165) is 11.3 Å². The van der Waals surface area contributed by atoms with Crippen molar-refractivity contribution in [1.82, 2.24) is 0 Å². The molecule has 0 aromatic heterocycles. The van der Waals surface area contributed by atoms with Gasteiger partial charge >= 0.3 is 0 Å². The van der Waals surface area contributed by atoms with Crippen molar-refractivity contribution in [3.8, 4) is 5.75 Å². The summed E-state index contributed by atoms with van der Waals surface area (Å²) in [5.74, 6) is 1.38. The molecule has 0 saturated heterocycles. The Balaban J connectivity index is 2.64. The van der Waals surface area contributed by atoms with E-state index >= 15 is 0 Å². The minimum Gasteiger partial charge on any atom is -0.494 e. The number of hydrogen-bond acceptors (Lipinski definition) is 1. The Morgan fingerprint density at radius 2 is 1.93 bits per heavy atom. The van der Waals surface area contributed by atoms with Crippen LogP contribution in [0.2, 0.25) is 0 Å². The van der Waals surface area contributed by atoms with Crippen LogP contribution in [-0.4, -0.2) is 6.61 Å². The topological polar surface area (TPSA) is 9.23 Å². The number of ether oxygens (including phenoxy) is 1. The van der Waals surface area contributed by atoms with Crippen LogP contribution in [0, 0.1) is 0 Å². The van der Waals surface area contributed by atoms with E-state index in [9.17, 15) is 0 Å². The number of halogens is 1. The van der Waals surface area contributed by atoms with Crippen LogP contribution in [0.3, 0.4) is 0 Å². The van der Waals surface area contributed by atoms with Crippen molar-refractivity contribution in [3.63, 3.8) is 0 Å². The van der Waals surface area contributed by atoms with E-state index in [1.54, 1.807) is 0 Å². The SMILES string of the molecule is CCOc1ccc2ccccc2c1CCl. The maximum atomic E-state index is 5.97. The van der Waals surface area contributed by atoms with Crippen LogP contribution in [0.4, 0.5) is 0 Å². The summed E-state index contributed by atoms with van der Waals surface area (Å²) in [4.78, 5) is 0. The van der Waals surface area contributed by atoms with Crippen molar-refractivity contribution in [2.75, 3.05) is 6.61 Å². The molecule has 2 aromatic carbocycles. The fourth-order valence-electron chi connectivity index (χ4n) is 1.74. The van der Waals surface area contributed by atoms with Crippen molar-refractivity contribution in [2.24, 2.45) is 0 Å². The first-order valence-corrected chi connectivity index (χ1v) is 5.59. The van der Waals surface area contributed by atoms with Crippen molar-refractivity contribution in [1.29, 1.82) is 0 Å². The van der Waals surface area contributed by atoms with Gasteiger partial charge in [-0.05, 0) is 23.8 Å². The van der Waals surface area contributed by atoms with Gasteiger partial charge in [-0.1, -0.05) is 30.3 Å². The van der Waals surface area contributed by atoms with Crippen molar-refractivity contribution < 1.29 is 4.74 Å². The lowest BCUT2D eigenvalue weighted by Gasteiger charge is -2.10. The minimum absolute atomic E-state index is 0.483. The first-order valence-electron chi connectivity index (χ1n) is 5.06. The smallest absolute Gasteiger partial charge is 0.124 e. The number of fused-ring (bicyclic) bond motifs is 1. The fourth-order valence-corrected chi connectivity index (χ4v) is 2.02. The molecule has 0 aliphatic heterocycles. The van der Waals surface area contributed by atoms with Crippen LogP contribution < -0.4 is 4.74 Å². The molecule has 1 nitrogen and oxygen atoms in total. The third-order valence-corrected chi connectivity index (χ3v) is 2.70. The largest absolute Gasteiger partial charge is 0.494 e. The van der Waals surface area contributed by atoms with Gasteiger partial charge in [-0.3, -0.25) is 0 Å². The van der Waals surface area contributed by atoms with Gasteiger partial charge in [0, 0.05) is 5.56 Å². The number of benzene rings is 2. The van der Waals surface area contributed by atoms with Gasteiger partial charge in [0.05, 0.1) is 12.5 Å². The van der Waals surface area contributed by atoms with Crippen LogP contribution in [0.1, 0.15) is 12.5 Å². The van der Waals surface area contributed by atoms with Gasteiger partial charge in [0.2, 0.25) is 0 Å². The van der Waals surface area contributed by atoms with E-state index < -0.39 is 0 Å². The zero-order valence-electron chi connectivity index (χ0n) is 8.66. The number of alkyl halides is 1. The summed E-state index contributed by atoms with van der Waals surface area (Å²) in [6.45, 7) is 2.65. The Hall–Kier alpha value is -1.21. The predicted molar refractivity (Wildman–Crippen MR) is 64.7 cm³/mol. The van der Waals surface area contributed by atoms with Crippen LogP contribution >= 0.6 is 11.6 Å². The van der Waals surface area contributed by atoms with Gasteiger partial charge < -0.3 is 4.74 Å². The molecule has 0 spiro atoms. The van der Waals surface area contributed by atoms with Crippen LogP contribution in [0.25, 0.3) is 10.8 Å². The molecule has 0 bridgehead atoms. The molecule has 15 heavy (non-hydrogen) atoms. The number of hydrogen-bond donors (Lipinski definition) is 0. The minimum atomic E-state index is 0.483. The highest BCUT2D eigenvalue weighted by Gasteiger charge is 2.06. The summed E-state index contributed by atoms with van der Waals surface area (Å²) < 4.78 is 5.55. The van der Waals surface area contributed by atoms with E-state index in [1.165, 1.54) is 10.8 Å². The van der Waals surface area contributed by atoms with Crippen LogP contribution in [-0.2, 0) is 5.88 Å². The molecular formula is C13H13ClO. The van der Waals surface area contributed by atoms with Crippen LogP contribution in [0.5, 0.6) is 5.75 Å². The Labute approximate surface area is 94.6 Å². The second-order valence-electron chi connectivity index (χ2n) is 3.33. The van der Waals surface area contributed by atoms with E-state index in [-0.39, 0.29) is 0 Å². The van der Waals surface area contributed by atoms with E-state index in [4.69, 9.17) is 16.3 Å². The summed E-state index contributed by atoms with van der Waals surface area (Å²) in [7, 11) is 0. The molecule has 0 atom stereocenters. The standard InChI is InChI=1S/C13H13ClO/c1-2-15-13-8-7-10-5-3-4-6-11(10)12(13)9-14/h3-8H,2,9H2,1H3. The lowest BCUT2D eigenvalue weighted by atomic mass is 10.0. The van der Waals surface area contributed by atoms with Crippen molar-refractivity contribution >= 4 is 22.4 Å². The van der Waals surface area contributed by atoms with E-state index in [0.29, 0.717) is 12.5 Å². The molecule has 2 heteroatoms. The van der Waals surface area contributed by atoms with Crippen molar-refractivity contribution in [3.05, 3.63) is 42.0 Å². The average Bonchev–Trinajstić information content (AvgIpc) is 2.29. The third-order valence-electron chi connectivity index (χ3n) is 2.43. The van der Waals surface area contributed by atoms with Gasteiger partial charge in [0.15, 0.2) is 0 Å². The van der Waals surface area contributed by atoms with Crippen molar-refractivity contribution in [2.45, 2.75) is 12.8 Å². The average molecular weight is 221 g/mol. The molecular weight excluding hydrogens is 208 g/mol. The maximum absolute atomic E-state index is 5.97. The third kappa shape index (κ3) is 1.93. The summed E-state index contributed by atoms with van der Waals surface area (Å²) in [6.07, 6.45) is 0. The molecule has 78 valence electrons. The normalized spacial score (nSPS) is 10.5. The molecule has 2 rings (SSSR count). The fraction of sp³-hybridized carbons (Fsp3) is 0.231. The summed E-state index contributed by atoms with van der Waals surface area (Å²) >= 11 is 5.97. The molecule has 0 fully saturated rings. The predicted octanol–water partition coefficient (Wildman–Crippen LogP) is 3.98. The molecule has 0 heterocycles. The quantitative estimate of drug-likeness (QED) is 0.711. The second-order valence-corrected chi connectivity index (χ2v) is 3.60. The lowest BCUT2D eigenvalue weighted by molar-refractivity contribution is 0.338. The molecule has 0 radical (unpaired) electrons. The monoisotopic (exact) mass is 220 g/mol. The molecule has 0 N–H and O–H groups in total. The first kappa shape index (κ1) is 10.3. The molecule has 0 aliphatic rings. The lowest BCUT2D eigenvalue weighted by Crippen LogP contribution is -1.95. The highest BCUT2D eigenvalue weighted by molar-refractivity contribution is 6.18. The van der Waals surface area contributed by atoms with Crippen LogP contribution in [0.15, 0.2) is 36.4 Å². The Kier molecular flexibility index (Phi) is 3.12. The Bertz CT molecular complexity index is 465. The molecule has 0 unspecified atom stereocenters. The van der Waals surface area contributed by atoms with E-state index in [1.807, 2.05) is 25.1 Å². The van der Waals surface area contributed by atoms with Gasteiger partial charge in [0.1, 0.15) is 5.75 Å². The Morgan fingerprint density at radius 3 is 2.67 bits per heavy atom. The van der Waals surface area contributed by atoms with Gasteiger partial charge in [-0.25, -0.2) is 0 Å². The Morgan fingerprint density at radius 1 is 1.13 bits per heavy atom. The molecule has 0 saturated carbocycles. The molecule has 0 aliphatic carbocycles. The number of rotatable bonds is 3. The highest BCUT2D eigenvalue weighted by Crippen LogP contribution is 2.29. The van der Waals surface area contributed by atoms with Gasteiger partial charge in [-0.2, -0.15) is 0 Å².